The van der Waals surface area contributed by atoms with Gasteiger partial charge in [0.25, 0.3) is 5.89 Å². The van der Waals surface area contributed by atoms with Crippen LogP contribution in [0.15, 0.2) is 59.6 Å². The first-order valence-corrected chi connectivity index (χ1v) is 10.0. The zero-order valence-corrected chi connectivity index (χ0v) is 17.2. The fraction of sp³-hybridized carbons (Fsp3) is 0.304. The van der Waals surface area contributed by atoms with E-state index in [1.54, 1.807) is 24.2 Å². The number of hydrogen-bond donors (Lipinski definition) is 0. The predicted molar refractivity (Wildman–Crippen MR) is 112 cm³/mol. The van der Waals surface area contributed by atoms with Gasteiger partial charge in [-0.05, 0) is 42.9 Å². The molecule has 0 aliphatic heterocycles. The van der Waals surface area contributed by atoms with Crippen LogP contribution in [-0.4, -0.2) is 32.0 Å². The van der Waals surface area contributed by atoms with Crippen molar-refractivity contribution < 1.29 is 9.26 Å². The van der Waals surface area contributed by atoms with E-state index >= 15 is 0 Å². The maximum Gasteiger partial charge on any atom is 0.261 e. The molecule has 1 unspecified atom stereocenters. The molecule has 152 valence electrons. The lowest BCUT2D eigenvalue weighted by molar-refractivity contribution is 0.386. The van der Waals surface area contributed by atoms with E-state index in [1.165, 1.54) is 5.56 Å². The van der Waals surface area contributed by atoms with Gasteiger partial charge < -0.3 is 9.26 Å². The highest BCUT2D eigenvalue weighted by Crippen LogP contribution is 2.50. The van der Waals surface area contributed by atoms with E-state index in [2.05, 4.69) is 46.4 Å². The fourth-order valence-electron chi connectivity index (χ4n) is 3.99. The van der Waals surface area contributed by atoms with Crippen molar-refractivity contribution in [2.24, 2.45) is 13.0 Å². The molecule has 3 heterocycles. The lowest BCUT2D eigenvalue weighted by atomic mass is 9.76. The van der Waals surface area contributed by atoms with Crippen LogP contribution in [0.25, 0.3) is 22.6 Å². The standard InChI is InChI=1S/C23H23N5O2/c1-23(19-8-9-19,22-26-21(30-27-22)17-12-25-28(2)14-17)18-6-4-15(5-7-18)16-10-20(29-3)13-24-11-16/h4-7,10-14,19H,8-9H2,1-3H3. The van der Waals surface area contributed by atoms with Crippen LogP contribution in [0.3, 0.4) is 0 Å². The number of hydrogen-bond acceptors (Lipinski definition) is 6. The zero-order valence-electron chi connectivity index (χ0n) is 17.2. The van der Waals surface area contributed by atoms with E-state index in [0.717, 1.165) is 41.1 Å². The molecule has 0 bridgehead atoms. The molecule has 3 aromatic heterocycles. The molecule has 0 spiro atoms. The summed E-state index contributed by atoms with van der Waals surface area (Å²) in [4.78, 5) is 9.01. The van der Waals surface area contributed by atoms with E-state index in [4.69, 9.17) is 14.2 Å². The quantitative estimate of drug-likeness (QED) is 0.480. The summed E-state index contributed by atoms with van der Waals surface area (Å²) in [7, 11) is 3.52. The average Bonchev–Trinajstić information content (AvgIpc) is 3.37. The van der Waals surface area contributed by atoms with Crippen molar-refractivity contribution >= 4 is 0 Å². The van der Waals surface area contributed by atoms with Gasteiger partial charge in [0.15, 0.2) is 5.82 Å². The van der Waals surface area contributed by atoms with Gasteiger partial charge in [0.2, 0.25) is 0 Å². The summed E-state index contributed by atoms with van der Waals surface area (Å²) in [6, 6.07) is 10.5. The summed E-state index contributed by atoms with van der Waals surface area (Å²) in [5, 5.41) is 8.56. The molecule has 7 nitrogen and oxygen atoms in total. The van der Waals surface area contributed by atoms with Gasteiger partial charge in [0.05, 0.1) is 30.5 Å². The van der Waals surface area contributed by atoms with Crippen LogP contribution in [0.5, 0.6) is 5.75 Å². The van der Waals surface area contributed by atoms with Gasteiger partial charge >= 0.3 is 0 Å². The minimum Gasteiger partial charge on any atom is -0.495 e. The Hall–Kier alpha value is -3.48. The number of methoxy groups -OCH3 is 1. The Kier molecular flexibility index (Phi) is 4.38. The minimum atomic E-state index is -0.297. The number of pyridine rings is 1. The van der Waals surface area contributed by atoms with E-state index in [1.807, 2.05) is 25.5 Å². The third-order valence-corrected chi connectivity index (χ3v) is 6.00. The van der Waals surface area contributed by atoms with Gasteiger partial charge in [-0.3, -0.25) is 9.67 Å². The van der Waals surface area contributed by atoms with Crippen molar-refractivity contribution in [1.29, 1.82) is 0 Å². The van der Waals surface area contributed by atoms with Crippen LogP contribution < -0.4 is 4.74 Å². The van der Waals surface area contributed by atoms with Crippen LogP contribution in [0, 0.1) is 5.92 Å². The number of aryl methyl sites for hydroxylation is 1. The zero-order chi connectivity index (χ0) is 20.7. The maximum atomic E-state index is 5.59. The summed E-state index contributed by atoms with van der Waals surface area (Å²) in [5.41, 5.74) is 3.83. The summed E-state index contributed by atoms with van der Waals surface area (Å²) in [6.45, 7) is 2.21. The fourth-order valence-corrected chi connectivity index (χ4v) is 3.99. The topological polar surface area (TPSA) is 78.9 Å². The Bertz CT molecular complexity index is 1180. The van der Waals surface area contributed by atoms with Gasteiger partial charge in [-0.25, -0.2) is 0 Å². The molecule has 1 atom stereocenters. The SMILES string of the molecule is COc1cncc(-c2ccc(C(C)(c3noc(-c4cnn(C)c4)n3)C3CC3)cc2)c1. The van der Waals surface area contributed by atoms with E-state index in [9.17, 15) is 0 Å². The molecule has 0 amide bonds. The van der Waals surface area contributed by atoms with Crippen molar-refractivity contribution in [2.45, 2.75) is 25.2 Å². The molecule has 30 heavy (non-hydrogen) atoms. The molecule has 0 radical (unpaired) electrons. The average molecular weight is 401 g/mol. The molecular weight excluding hydrogens is 378 g/mol. The van der Waals surface area contributed by atoms with Crippen molar-refractivity contribution in [1.82, 2.24) is 24.9 Å². The highest BCUT2D eigenvalue weighted by atomic mass is 16.5. The first-order chi connectivity index (χ1) is 14.6. The van der Waals surface area contributed by atoms with Gasteiger partial charge in [-0.1, -0.05) is 29.4 Å². The molecule has 1 aromatic carbocycles. The Labute approximate surface area is 174 Å². The second-order valence-electron chi connectivity index (χ2n) is 7.99. The first-order valence-electron chi connectivity index (χ1n) is 10.0. The number of rotatable bonds is 6. The van der Waals surface area contributed by atoms with Crippen molar-refractivity contribution in [3.63, 3.8) is 0 Å². The largest absolute Gasteiger partial charge is 0.495 e. The molecular formula is C23H23N5O2. The molecule has 0 N–H and O–H groups in total. The Balaban J connectivity index is 1.49. The van der Waals surface area contributed by atoms with Gasteiger partial charge in [0, 0.05) is 25.0 Å². The molecule has 4 aromatic rings. The van der Waals surface area contributed by atoms with Crippen LogP contribution in [-0.2, 0) is 12.5 Å². The normalized spacial score (nSPS) is 15.7. The van der Waals surface area contributed by atoms with Crippen LogP contribution in [0.2, 0.25) is 0 Å². The molecule has 5 rings (SSSR count). The molecule has 1 fully saturated rings. The summed E-state index contributed by atoms with van der Waals surface area (Å²) < 4.78 is 12.6. The lowest BCUT2D eigenvalue weighted by Gasteiger charge is -2.27. The smallest absolute Gasteiger partial charge is 0.261 e. The van der Waals surface area contributed by atoms with E-state index < -0.39 is 0 Å². The number of ether oxygens (including phenoxy) is 1. The summed E-state index contributed by atoms with van der Waals surface area (Å²) in [6.07, 6.45) is 9.49. The third kappa shape index (κ3) is 3.16. The van der Waals surface area contributed by atoms with Gasteiger partial charge in [0.1, 0.15) is 5.75 Å². The first kappa shape index (κ1) is 18.5. The van der Waals surface area contributed by atoms with E-state index in [0.29, 0.717) is 11.8 Å². The van der Waals surface area contributed by atoms with Crippen molar-refractivity contribution in [3.05, 3.63) is 66.5 Å². The molecule has 0 saturated heterocycles. The maximum absolute atomic E-state index is 5.59. The molecule has 1 saturated carbocycles. The minimum absolute atomic E-state index is 0.297. The second-order valence-corrected chi connectivity index (χ2v) is 7.99. The number of benzene rings is 1. The summed E-state index contributed by atoms with van der Waals surface area (Å²) >= 11 is 0. The molecule has 1 aliphatic rings. The van der Waals surface area contributed by atoms with Crippen LogP contribution in [0.1, 0.15) is 31.2 Å². The Morgan fingerprint density at radius 3 is 2.53 bits per heavy atom. The Morgan fingerprint density at radius 2 is 1.87 bits per heavy atom. The number of nitrogens with zero attached hydrogens (tertiary/aromatic N) is 5. The molecule has 1 aliphatic carbocycles. The van der Waals surface area contributed by atoms with Crippen LogP contribution in [0.4, 0.5) is 0 Å². The van der Waals surface area contributed by atoms with Crippen molar-refractivity contribution in [3.8, 4) is 28.3 Å². The van der Waals surface area contributed by atoms with Crippen LogP contribution >= 0.6 is 0 Å². The van der Waals surface area contributed by atoms with Crippen molar-refractivity contribution in [2.75, 3.05) is 7.11 Å². The monoisotopic (exact) mass is 401 g/mol. The van der Waals surface area contributed by atoms with Gasteiger partial charge in [-0.15, -0.1) is 0 Å². The third-order valence-electron chi connectivity index (χ3n) is 6.00. The predicted octanol–water partition coefficient (Wildman–Crippen LogP) is 4.26. The highest BCUT2D eigenvalue weighted by Gasteiger charge is 2.47. The summed E-state index contributed by atoms with van der Waals surface area (Å²) in [5.74, 6) is 2.47. The van der Waals surface area contributed by atoms with Gasteiger partial charge in [-0.2, -0.15) is 10.1 Å². The molecule has 7 heteroatoms. The van der Waals surface area contributed by atoms with E-state index in [-0.39, 0.29) is 5.41 Å². The Morgan fingerprint density at radius 1 is 1.07 bits per heavy atom. The lowest BCUT2D eigenvalue weighted by Crippen LogP contribution is -2.28. The highest BCUT2D eigenvalue weighted by molar-refractivity contribution is 5.64. The number of aromatic nitrogens is 5. The second kappa shape index (κ2) is 7.09.